The van der Waals surface area contributed by atoms with Gasteiger partial charge in [-0.15, -0.1) is 0 Å². The number of pyridine rings is 2. The molecule has 1 atom stereocenters. The molecule has 0 bridgehead atoms. The lowest BCUT2D eigenvalue weighted by atomic mass is 9.77. The van der Waals surface area contributed by atoms with Crippen LogP contribution < -0.4 is 4.74 Å². The average molecular weight is 559 g/mol. The summed E-state index contributed by atoms with van der Waals surface area (Å²) in [5, 5.41) is 11.4. The van der Waals surface area contributed by atoms with E-state index in [9.17, 15) is 23.1 Å². The molecule has 6 rings (SSSR count). The van der Waals surface area contributed by atoms with Gasteiger partial charge in [0, 0.05) is 61.8 Å². The summed E-state index contributed by atoms with van der Waals surface area (Å²) in [7, 11) is 1.57. The van der Waals surface area contributed by atoms with E-state index in [1.165, 1.54) is 0 Å². The van der Waals surface area contributed by atoms with Crippen LogP contribution in [0.2, 0.25) is 0 Å². The molecule has 1 saturated heterocycles. The molecule has 2 aliphatic heterocycles. The predicted octanol–water partition coefficient (Wildman–Crippen LogP) is 4.71. The van der Waals surface area contributed by atoms with Crippen LogP contribution in [0, 0.1) is 11.3 Å². The van der Waals surface area contributed by atoms with Crippen molar-refractivity contribution in [3.8, 4) is 5.88 Å². The number of aliphatic hydroxyl groups is 1. The molecule has 4 heterocycles. The molecule has 1 amide bonds. The molecule has 7 nitrogen and oxygen atoms in total. The van der Waals surface area contributed by atoms with E-state index in [1.54, 1.807) is 24.3 Å². The maximum absolute atomic E-state index is 14.1. The van der Waals surface area contributed by atoms with Crippen LogP contribution in [0.5, 0.6) is 5.88 Å². The smallest absolute Gasteiger partial charge is 0.417 e. The Morgan fingerprint density at radius 2 is 1.88 bits per heavy atom. The zero-order valence-electron chi connectivity index (χ0n) is 22.9. The van der Waals surface area contributed by atoms with Crippen LogP contribution in [-0.2, 0) is 29.5 Å². The molecule has 2 aliphatic carbocycles. The Kier molecular flexibility index (Phi) is 7.05. The molecule has 1 unspecified atom stereocenters. The topological polar surface area (TPSA) is 78.8 Å². The number of likely N-dealkylation sites (tertiary alicyclic amines) is 1. The van der Waals surface area contributed by atoms with E-state index in [4.69, 9.17) is 4.74 Å². The molecule has 0 aromatic carbocycles. The molecule has 4 aliphatic rings. The van der Waals surface area contributed by atoms with Gasteiger partial charge in [-0.3, -0.25) is 14.7 Å². The third-order valence-electron chi connectivity index (χ3n) is 9.65. The van der Waals surface area contributed by atoms with Crippen molar-refractivity contribution in [3.63, 3.8) is 0 Å². The fourth-order valence-electron chi connectivity index (χ4n) is 7.12. The van der Waals surface area contributed by atoms with Crippen LogP contribution in [-0.4, -0.2) is 63.6 Å². The van der Waals surface area contributed by atoms with Gasteiger partial charge in [0.15, 0.2) is 0 Å². The quantitative estimate of drug-likeness (QED) is 0.553. The van der Waals surface area contributed by atoms with Crippen molar-refractivity contribution < 1.29 is 27.8 Å². The number of aromatic nitrogens is 2. The Morgan fingerprint density at radius 3 is 2.52 bits per heavy atom. The van der Waals surface area contributed by atoms with Crippen molar-refractivity contribution in [2.45, 2.75) is 82.2 Å². The molecule has 2 aromatic rings. The number of amides is 1. The highest BCUT2D eigenvalue weighted by molar-refractivity contribution is 5.84. The summed E-state index contributed by atoms with van der Waals surface area (Å²) in [6, 6.07) is 5.11. The van der Waals surface area contributed by atoms with Gasteiger partial charge in [0.05, 0.1) is 23.7 Å². The first-order valence-corrected chi connectivity index (χ1v) is 14.4. The minimum Gasteiger partial charge on any atom is -0.481 e. The van der Waals surface area contributed by atoms with Crippen LogP contribution in [0.3, 0.4) is 0 Å². The van der Waals surface area contributed by atoms with E-state index < -0.39 is 22.8 Å². The number of hydrogen-bond acceptors (Lipinski definition) is 6. The highest BCUT2D eigenvalue weighted by Gasteiger charge is 2.51. The second kappa shape index (κ2) is 10.3. The molecular formula is C30H37F3N4O3. The first-order valence-electron chi connectivity index (χ1n) is 14.4. The molecule has 2 aromatic heterocycles. The SMILES string of the molecule is COc1ccc(C2(O)CCC(N3CCC(CC4CC4)(C(=O)N4CCc5ncc(C(F)(F)F)cc5C4)C3)CC2)cn1. The second-order valence-corrected chi connectivity index (χ2v) is 12.3. The number of halogens is 3. The molecule has 0 spiro atoms. The number of alkyl halides is 3. The Morgan fingerprint density at radius 1 is 1.10 bits per heavy atom. The third-order valence-corrected chi connectivity index (χ3v) is 9.65. The molecule has 1 N–H and O–H groups in total. The summed E-state index contributed by atoms with van der Waals surface area (Å²) in [6.45, 7) is 2.18. The van der Waals surface area contributed by atoms with Gasteiger partial charge in [-0.1, -0.05) is 12.8 Å². The van der Waals surface area contributed by atoms with Crippen LogP contribution in [0.4, 0.5) is 13.2 Å². The van der Waals surface area contributed by atoms with E-state index in [0.29, 0.717) is 61.4 Å². The molecule has 0 radical (unpaired) electrons. The zero-order chi connectivity index (χ0) is 28.1. The van der Waals surface area contributed by atoms with E-state index >= 15 is 0 Å². The van der Waals surface area contributed by atoms with Gasteiger partial charge in [0.25, 0.3) is 0 Å². The lowest BCUT2D eigenvalue weighted by Gasteiger charge is -2.41. The van der Waals surface area contributed by atoms with Crippen LogP contribution in [0.1, 0.15) is 73.8 Å². The van der Waals surface area contributed by atoms with Crippen molar-refractivity contribution in [1.29, 1.82) is 0 Å². The number of hydrogen-bond donors (Lipinski definition) is 1. The van der Waals surface area contributed by atoms with Crippen molar-refractivity contribution in [2.75, 3.05) is 26.7 Å². The van der Waals surface area contributed by atoms with Crippen molar-refractivity contribution >= 4 is 5.91 Å². The summed E-state index contributed by atoms with van der Waals surface area (Å²) in [5.74, 6) is 1.16. The first-order chi connectivity index (χ1) is 19.1. The number of fused-ring (bicyclic) bond motifs is 1. The summed E-state index contributed by atoms with van der Waals surface area (Å²) >= 11 is 0. The van der Waals surface area contributed by atoms with Gasteiger partial charge in [-0.25, -0.2) is 4.98 Å². The molecule has 40 heavy (non-hydrogen) atoms. The number of nitrogens with zero attached hydrogens (tertiary/aromatic N) is 4. The predicted molar refractivity (Wildman–Crippen MR) is 141 cm³/mol. The molecular weight excluding hydrogens is 521 g/mol. The Bertz CT molecular complexity index is 1240. The monoisotopic (exact) mass is 558 g/mol. The van der Waals surface area contributed by atoms with E-state index in [2.05, 4.69) is 14.9 Å². The lowest BCUT2D eigenvalue weighted by molar-refractivity contribution is -0.143. The number of carbonyl (C=O) groups is 1. The fourth-order valence-corrected chi connectivity index (χ4v) is 7.12. The van der Waals surface area contributed by atoms with Crippen molar-refractivity contribution in [2.24, 2.45) is 11.3 Å². The summed E-state index contributed by atoms with van der Waals surface area (Å²) in [4.78, 5) is 26.7. The number of rotatable bonds is 6. The Hall–Kier alpha value is -2.72. The fraction of sp³-hybridized carbons (Fsp3) is 0.633. The number of ether oxygens (including phenoxy) is 1. The first kappa shape index (κ1) is 27.4. The third kappa shape index (κ3) is 5.32. The van der Waals surface area contributed by atoms with Crippen molar-refractivity contribution in [1.82, 2.24) is 19.8 Å². The van der Waals surface area contributed by atoms with Gasteiger partial charge < -0.3 is 14.7 Å². The molecule has 216 valence electrons. The van der Waals surface area contributed by atoms with Gasteiger partial charge in [-0.05, 0) is 68.7 Å². The standard InChI is InChI=1S/C30H37F3N4O3/c1-40-26-5-4-22(16-35-26)29(39)9-6-24(7-10-29)37-13-11-28(19-37,15-20-2-3-20)27(38)36-12-8-25-21(18-36)14-23(17-34-25)30(31,32)33/h4-5,14,16-17,20,24,39H,2-3,6-13,15,18-19H2,1H3. The summed E-state index contributed by atoms with van der Waals surface area (Å²) in [6.07, 6.45) is 5.44. The largest absolute Gasteiger partial charge is 0.481 e. The van der Waals surface area contributed by atoms with E-state index in [-0.39, 0.29) is 12.5 Å². The maximum Gasteiger partial charge on any atom is 0.417 e. The summed E-state index contributed by atoms with van der Waals surface area (Å²) < 4.78 is 45.1. The van der Waals surface area contributed by atoms with E-state index in [1.807, 2.05) is 6.07 Å². The minimum atomic E-state index is -4.45. The van der Waals surface area contributed by atoms with Gasteiger partial charge in [0.2, 0.25) is 11.8 Å². The zero-order valence-corrected chi connectivity index (χ0v) is 22.9. The minimum absolute atomic E-state index is 0.0848. The highest BCUT2D eigenvalue weighted by atomic mass is 19.4. The van der Waals surface area contributed by atoms with Crippen LogP contribution in [0.25, 0.3) is 0 Å². The lowest BCUT2D eigenvalue weighted by Crippen LogP contribution is -2.49. The van der Waals surface area contributed by atoms with E-state index in [0.717, 1.165) is 62.9 Å². The summed E-state index contributed by atoms with van der Waals surface area (Å²) in [5.41, 5.74) is -0.209. The second-order valence-electron chi connectivity index (χ2n) is 12.3. The normalized spacial score (nSPS) is 29.3. The van der Waals surface area contributed by atoms with Gasteiger partial charge in [0.1, 0.15) is 0 Å². The Labute approximate surface area is 232 Å². The molecule has 2 saturated carbocycles. The molecule has 10 heteroatoms. The van der Waals surface area contributed by atoms with Crippen molar-refractivity contribution in [3.05, 3.63) is 53.0 Å². The highest BCUT2D eigenvalue weighted by Crippen LogP contribution is 2.48. The van der Waals surface area contributed by atoms with Gasteiger partial charge >= 0.3 is 6.18 Å². The molecule has 3 fully saturated rings. The number of carbonyl (C=O) groups excluding carboxylic acids is 1. The van der Waals surface area contributed by atoms with Gasteiger partial charge in [-0.2, -0.15) is 13.2 Å². The average Bonchev–Trinajstić information content (AvgIpc) is 3.67. The van der Waals surface area contributed by atoms with Crippen LogP contribution in [0.15, 0.2) is 30.6 Å². The van der Waals surface area contributed by atoms with Crippen LogP contribution >= 0.6 is 0 Å². The maximum atomic E-state index is 14.1. The Balaban J connectivity index is 1.14. The number of methoxy groups -OCH3 is 1.